The third-order valence-electron chi connectivity index (χ3n) is 8.50. The second kappa shape index (κ2) is 14.7. The molecule has 0 spiro atoms. The molecule has 1 aromatic heterocycles. The number of para-hydroxylation sites is 2. The molecule has 246 valence electrons. The predicted molar refractivity (Wildman–Crippen MR) is 173 cm³/mol. The van der Waals surface area contributed by atoms with E-state index in [2.05, 4.69) is 10.3 Å². The molecule has 3 heterocycles. The van der Waals surface area contributed by atoms with E-state index in [4.69, 9.17) is 18.9 Å². The number of imidazole rings is 1. The van der Waals surface area contributed by atoms with Gasteiger partial charge in [-0.1, -0.05) is 30.3 Å². The summed E-state index contributed by atoms with van der Waals surface area (Å²) in [4.78, 5) is 47.9. The Morgan fingerprint density at radius 3 is 2.72 bits per heavy atom. The first-order valence-corrected chi connectivity index (χ1v) is 15.7. The quantitative estimate of drug-likeness (QED) is 0.341. The Morgan fingerprint density at radius 1 is 1.00 bits per heavy atom. The molecule has 0 radical (unpaired) electrons. The molecular weight excluding hydrogens is 602 g/mol. The molecule has 0 unspecified atom stereocenters. The van der Waals surface area contributed by atoms with Crippen LogP contribution in [0, 0.1) is 0 Å². The molecule has 3 amide bonds. The number of likely N-dealkylation sites (tertiary alicyclic amines) is 1. The molecule has 4 bridgehead atoms. The Kier molecular flexibility index (Phi) is 9.98. The zero-order valence-electron chi connectivity index (χ0n) is 26.6. The first-order chi connectivity index (χ1) is 22.9. The number of fused-ring (bicyclic) bond motifs is 6. The third-order valence-corrected chi connectivity index (χ3v) is 8.50. The molecule has 6 rings (SSSR count). The van der Waals surface area contributed by atoms with Gasteiger partial charge in [-0.2, -0.15) is 0 Å². The lowest BCUT2D eigenvalue weighted by atomic mass is 10.1. The van der Waals surface area contributed by atoms with Gasteiger partial charge in [-0.25, -0.2) is 4.98 Å². The zero-order chi connectivity index (χ0) is 32.8. The number of hydrogen-bond donors (Lipinski definition) is 1. The van der Waals surface area contributed by atoms with Crippen LogP contribution in [0.1, 0.15) is 17.5 Å². The van der Waals surface area contributed by atoms with Crippen molar-refractivity contribution >= 4 is 28.8 Å². The lowest BCUT2D eigenvalue weighted by Gasteiger charge is -2.25. The number of carbonyl (C=O) groups is 3. The third kappa shape index (κ3) is 7.72. The lowest BCUT2D eigenvalue weighted by Crippen LogP contribution is -2.49. The van der Waals surface area contributed by atoms with Gasteiger partial charge < -0.3 is 38.6 Å². The highest BCUT2D eigenvalue weighted by Crippen LogP contribution is 2.33. The van der Waals surface area contributed by atoms with Crippen molar-refractivity contribution in [3.8, 4) is 17.2 Å². The van der Waals surface area contributed by atoms with Crippen LogP contribution in [-0.2, 0) is 43.4 Å². The largest absolute Gasteiger partial charge is 0.493 e. The van der Waals surface area contributed by atoms with Gasteiger partial charge in [0.2, 0.25) is 17.7 Å². The van der Waals surface area contributed by atoms with Crippen LogP contribution in [0.2, 0.25) is 0 Å². The maximum absolute atomic E-state index is 13.5. The van der Waals surface area contributed by atoms with E-state index in [9.17, 15) is 14.4 Å². The first-order valence-electron chi connectivity index (χ1n) is 15.7. The molecule has 3 aromatic carbocycles. The molecule has 12 heteroatoms. The number of aryl methyl sites for hydroxylation is 1. The van der Waals surface area contributed by atoms with Crippen LogP contribution >= 0.6 is 0 Å². The molecule has 2 atom stereocenters. The minimum atomic E-state index is -0.481. The average Bonchev–Trinajstić information content (AvgIpc) is 3.68. The van der Waals surface area contributed by atoms with E-state index < -0.39 is 12.1 Å². The van der Waals surface area contributed by atoms with Crippen molar-refractivity contribution in [3.05, 3.63) is 84.2 Å². The SMILES string of the molecule is COCCN1CC(=O)N[C@H]2CN(C(=O)Cn3cnc4ccccc43)C[C@@H]2OCc2cccc(c2)Oc2cc(ccc2OC)CCC1=O. The van der Waals surface area contributed by atoms with E-state index in [-0.39, 0.29) is 63.5 Å². The number of hydrogen-bond acceptors (Lipinski definition) is 8. The van der Waals surface area contributed by atoms with Gasteiger partial charge in [0.25, 0.3) is 0 Å². The minimum absolute atomic E-state index is 0.108. The van der Waals surface area contributed by atoms with Crippen molar-refractivity contribution in [1.29, 1.82) is 0 Å². The number of nitrogens with zero attached hydrogens (tertiary/aromatic N) is 4. The van der Waals surface area contributed by atoms with Crippen molar-refractivity contribution in [2.45, 2.75) is 38.1 Å². The molecule has 12 nitrogen and oxygen atoms in total. The topological polar surface area (TPSA) is 124 Å². The summed E-state index contributed by atoms with van der Waals surface area (Å²) >= 11 is 0. The molecule has 1 fully saturated rings. The number of carbonyl (C=O) groups excluding carboxylic acids is 3. The fraction of sp³-hybridized carbons (Fsp3) is 0.371. The van der Waals surface area contributed by atoms with E-state index in [0.717, 1.165) is 22.2 Å². The maximum Gasteiger partial charge on any atom is 0.242 e. The van der Waals surface area contributed by atoms with E-state index in [1.54, 1.807) is 25.4 Å². The highest BCUT2D eigenvalue weighted by Gasteiger charge is 2.37. The molecule has 4 aromatic rings. The second-order valence-corrected chi connectivity index (χ2v) is 11.7. The maximum atomic E-state index is 13.5. The number of nitrogens with one attached hydrogen (secondary N) is 1. The van der Waals surface area contributed by atoms with Gasteiger partial charge in [-0.05, 0) is 53.9 Å². The van der Waals surface area contributed by atoms with Gasteiger partial charge in [0, 0.05) is 33.2 Å². The number of amides is 3. The summed E-state index contributed by atoms with van der Waals surface area (Å²) in [5, 5.41) is 3.06. The number of benzene rings is 3. The van der Waals surface area contributed by atoms with Gasteiger partial charge in [-0.3, -0.25) is 14.4 Å². The van der Waals surface area contributed by atoms with Crippen LogP contribution in [0.5, 0.6) is 17.2 Å². The highest BCUT2D eigenvalue weighted by molar-refractivity contribution is 5.85. The van der Waals surface area contributed by atoms with Crippen LogP contribution in [-0.4, -0.2) is 96.2 Å². The summed E-state index contributed by atoms with van der Waals surface area (Å²) in [5.41, 5.74) is 3.45. The summed E-state index contributed by atoms with van der Waals surface area (Å²) in [6, 6.07) is 20.3. The van der Waals surface area contributed by atoms with E-state index in [1.165, 1.54) is 4.90 Å². The fourth-order valence-corrected chi connectivity index (χ4v) is 5.98. The average molecular weight is 642 g/mol. The summed E-state index contributed by atoms with van der Waals surface area (Å²) in [6.07, 6.45) is 1.82. The van der Waals surface area contributed by atoms with E-state index in [1.807, 2.05) is 71.3 Å². The molecule has 2 aliphatic heterocycles. The smallest absolute Gasteiger partial charge is 0.242 e. The molecule has 1 saturated heterocycles. The Morgan fingerprint density at radius 2 is 1.87 bits per heavy atom. The van der Waals surface area contributed by atoms with Gasteiger partial charge >= 0.3 is 0 Å². The molecule has 1 N–H and O–H groups in total. The Hall–Kier alpha value is -4.94. The van der Waals surface area contributed by atoms with Crippen LogP contribution in [0.15, 0.2) is 73.1 Å². The number of rotatable bonds is 6. The normalized spacial score (nSPS) is 19.0. The Bertz CT molecular complexity index is 1740. The van der Waals surface area contributed by atoms with Crippen molar-refractivity contribution in [1.82, 2.24) is 24.7 Å². The summed E-state index contributed by atoms with van der Waals surface area (Å²) in [7, 11) is 3.14. The van der Waals surface area contributed by atoms with Gasteiger partial charge in [0.15, 0.2) is 11.5 Å². The molecular formula is C35H39N5O7. The summed E-state index contributed by atoms with van der Waals surface area (Å²) < 4.78 is 25.2. The molecule has 0 saturated carbocycles. The second-order valence-electron chi connectivity index (χ2n) is 11.7. The molecule has 47 heavy (non-hydrogen) atoms. The standard InChI is InChI=1S/C35H39N5O7/c1-44-15-14-38-20-33(41)37-28-18-39(35(43)21-40-23-36-27-8-3-4-9-29(27)40)19-32(28)46-22-25-6-5-7-26(16-25)47-31-17-24(11-13-34(38)42)10-12-30(31)45-2/h3-10,12,16-17,23,28,32H,11,13-15,18-22H2,1-2H3,(H,37,41)/t28-,32-/m0/s1. The van der Waals surface area contributed by atoms with E-state index >= 15 is 0 Å². The monoisotopic (exact) mass is 641 g/mol. The highest BCUT2D eigenvalue weighted by atomic mass is 16.5. The number of aromatic nitrogens is 2. The van der Waals surface area contributed by atoms with Gasteiger partial charge in [0.05, 0.1) is 56.4 Å². The number of ether oxygens (including phenoxy) is 4. The van der Waals surface area contributed by atoms with Crippen LogP contribution < -0.4 is 14.8 Å². The van der Waals surface area contributed by atoms with E-state index in [0.29, 0.717) is 30.2 Å². The summed E-state index contributed by atoms with van der Waals surface area (Å²) in [5.74, 6) is 1.09. The van der Waals surface area contributed by atoms with Crippen molar-refractivity contribution in [3.63, 3.8) is 0 Å². The molecule has 2 aliphatic rings. The Labute approximate surface area is 273 Å². The van der Waals surface area contributed by atoms with Crippen molar-refractivity contribution < 1.29 is 33.3 Å². The fourth-order valence-electron chi connectivity index (χ4n) is 5.98. The van der Waals surface area contributed by atoms with Gasteiger partial charge in [0.1, 0.15) is 12.3 Å². The van der Waals surface area contributed by atoms with Crippen LogP contribution in [0.25, 0.3) is 11.0 Å². The first kappa shape index (κ1) is 32.0. The minimum Gasteiger partial charge on any atom is -0.493 e. The zero-order valence-corrected chi connectivity index (χ0v) is 26.6. The lowest BCUT2D eigenvalue weighted by molar-refractivity contribution is -0.137. The Balaban J connectivity index is 1.25. The van der Waals surface area contributed by atoms with Gasteiger partial charge in [-0.15, -0.1) is 0 Å². The number of methoxy groups -OCH3 is 2. The summed E-state index contributed by atoms with van der Waals surface area (Å²) in [6.45, 7) is 1.32. The van der Waals surface area contributed by atoms with Crippen molar-refractivity contribution in [2.24, 2.45) is 0 Å². The van der Waals surface area contributed by atoms with Crippen LogP contribution in [0.4, 0.5) is 0 Å². The molecule has 0 aliphatic carbocycles. The predicted octanol–water partition coefficient (Wildman–Crippen LogP) is 3.17. The van der Waals surface area contributed by atoms with Crippen molar-refractivity contribution in [2.75, 3.05) is 47.0 Å². The van der Waals surface area contributed by atoms with Crippen LogP contribution in [0.3, 0.4) is 0 Å².